The van der Waals surface area contributed by atoms with E-state index < -0.39 is 29.0 Å². The smallest absolute Gasteiger partial charge is 0.338 e. The third-order valence-electron chi connectivity index (χ3n) is 15.2. The predicted octanol–water partition coefficient (Wildman–Crippen LogP) is 19.7. The maximum Gasteiger partial charge on any atom is 0.338 e. The van der Waals surface area contributed by atoms with Crippen molar-refractivity contribution in [1.82, 2.24) is 19.6 Å². The number of methoxy groups -OCH3 is 2. The van der Waals surface area contributed by atoms with E-state index in [4.69, 9.17) is 88.6 Å². The molecule has 20 heteroatoms. The monoisotopic (exact) mass is 1290 g/mol. The summed E-state index contributed by atoms with van der Waals surface area (Å²) in [5.41, 5.74) is 0.687. The second kappa shape index (κ2) is 33.9. The van der Waals surface area contributed by atoms with Crippen LogP contribution in [-0.2, 0) is 9.47 Å². The van der Waals surface area contributed by atoms with Gasteiger partial charge < -0.3 is 29.6 Å². The van der Waals surface area contributed by atoms with E-state index in [-0.39, 0.29) is 111 Å². The van der Waals surface area contributed by atoms with E-state index in [1.165, 1.54) is 137 Å². The molecule has 2 heterocycles. The Kier molecular flexibility index (Phi) is 26.6. The summed E-state index contributed by atoms with van der Waals surface area (Å²) in [6.07, 6.45) is 22.7. The summed E-state index contributed by atoms with van der Waals surface area (Å²) in [5, 5.41) is 14.0. The number of H-pyrrole nitrogens is 2. The molecule has 0 unspecified atom stereocenters. The van der Waals surface area contributed by atoms with Crippen molar-refractivity contribution in [1.29, 1.82) is 0 Å². The molecule has 7 rings (SSSR count). The van der Waals surface area contributed by atoms with E-state index in [1.807, 2.05) is 19.1 Å². The number of unbranched alkanes of at least 4 members (excludes halogenated alkanes) is 18. The molecule has 0 radical (unpaired) electrons. The number of ether oxygens (including phenoxy) is 4. The number of aromatic amines is 2. The SMILES string of the molecule is CCCCCCCCCCCCOC(=O)c1ccc(Cl)c(Nc2[nH]n(-c3c(Cl)cc(Cl)cc3OC)c(=O)c2C(c2ccccc2C)c2c(Nc3cc(C(=O)OCCCCCCCCCCCC)ccc3Cl)[nH]n(-c3c(Cl)cc(Cl)cc3OC)c2=O)c1. The normalized spacial score (nSPS) is 11.3. The third-order valence-corrected chi connectivity index (χ3v) is 16.9. The van der Waals surface area contributed by atoms with Gasteiger partial charge in [0, 0.05) is 22.2 Å². The summed E-state index contributed by atoms with van der Waals surface area (Å²) in [5.74, 6) is -2.12. The first-order valence-corrected chi connectivity index (χ1v) is 32.2. The van der Waals surface area contributed by atoms with Crippen LogP contribution < -0.4 is 31.2 Å². The first-order chi connectivity index (χ1) is 41.6. The fourth-order valence-corrected chi connectivity index (χ4v) is 12.0. The first kappa shape index (κ1) is 67.5. The van der Waals surface area contributed by atoms with Crippen LogP contribution in [0.15, 0.2) is 94.5 Å². The Morgan fingerprint density at radius 3 is 1.23 bits per heavy atom. The fraction of sp³-hybridized carbons (Fsp3) is 0.424. The molecule has 4 N–H and O–H groups in total. The van der Waals surface area contributed by atoms with E-state index >= 15 is 9.59 Å². The zero-order valence-corrected chi connectivity index (χ0v) is 54.2. The average molecular weight is 1300 g/mol. The molecule has 0 spiro atoms. The number of anilines is 4. The predicted molar refractivity (Wildman–Crippen MR) is 352 cm³/mol. The quantitative estimate of drug-likeness (QED) is 0.0221. The van der Waals surface area contributed by atoms with Gasteiger partial charge in [0.15, 0.2) is 0 Å². The molecule has 0 saturated carbocycles. The third kappa shape index (κ3) is 17.8. The molecule has 5 aromatic carbocycles. The molecule has 0 aliphatic heterocycles. The molecule has 2 aromatic heterocycles. The Balaban J connectivity index is 1.32. The lowest BCUT2D eigenvalue weighted by atomic mass is 9.84. The van der Waals surface area contributed by atoms with Crippen LogP contribution in [0.25, 0.3) is 11.4 Å². The van der Waals surface area contributed by atoms with Crippen molar-refractivity contribution in [3.05, 3.63) is 169 Å². The summed E-state index contributed by atoms with van der Waals surface area (Å²) in [6.45, 7) is 6.75. The summed E-state index contributed by atoms with van der Waals surface area (Å²) in [7, 11) is 2.82. The largest absolute Gasteiger partial charge is 0.494 e. The number of aryl methyl sites for hydroxylation is 1. The minimum Gasteiger partial charge on any atom is -0.494 e. The van der Waals surface area contributed by atoms with Gasteiger partial charge in [0.25, 0.3) is 11.1 Å². The van der Waals surface area contributed by atoms with E-state index in [0.29, 0.717) is 24.0 Å². The van der Waals surface area contributed by atoms with Crippen LogP contribution >= 0.6 is 69.6 Å². The number of aromatic nitrogens is 4. The second-order valence-corrected chi connectivity index (χ2v) is 24.0. The number of nitrogens with one attached hydrogen (secondary N) is 4. The summed E-state index contributed by atoms with van der Waals surface area (Å²) in [6, 6.07) is 22.5. The molecule has 0 saturated heterocycles. The number of hydrogen-bond donors (Lipinski definition) is 4. The molecule has 14 nitrogen and oxygen atoms in total. The van der Waals surface area contributed by atoms with Gasteiger partial charge in [-0.1, -0.05) is 223 Å². The minimum absolute atomic E-state index is 0.0273. The molecule has 0 aliphatic carbocycles. The number of hydrogen-bond acceptors (Lipinski definition) is 10. The van der Waals surface area contributed by atoms with Crippen molar-refractivity contribution in [2.45, 2.75) is 155 Å². The molecule has 86 heavy (non-hydrogen) atoms. The van der Waals surface area contributed by atoms with E-state index in [9.17, 15) is 9.59 Å². The van der Waals surface area contributed by atoms with Crippen molar-refractivity contribution < 1.29 is 28.5 Å². The maximum atomic E-state index is 15.9. The van der Waals surface area contributed by atoms with Gasteiger partial charge in [-0.25, -0.2) is 19.0 Å². The van der Waals surface area contributed by atoms with Crippen LogP contribution in [0.5, 0.6) is 11.5 Å². The summed E-state index contributed by atoms with van der Waals surface area (Å²) in [4.78, 5) is 59.3. The van der Waals surface area contributed by atoms with Crippen molar-refractivity contribution in [3.8, 4) is 22.9 Å². The van der Waals surface area contributed by atoms with Gasteiger partial charge in [0.2, 0.25) is 0 Å². The molecule has 462 valence electrons. The lowest BCUT2D eigenvalue weighted by Gasteiger charge is -2.20. The maximum absolute atomic E-state index is 15.9. The van der Waals surface area contributed by atoms with E-state index in [0.717, 1.165) is 38.5 Å². The molecule has 0 amide bonds. The molecule has 0 atom stereocenters. The number of halogens is 6. The van der Waals surface area contributed by atoms with Crippen LogP contribution in [0.1, 0.15) is 191 Å². The second-order valence-electron chi connectivity index (χ2n) is 21.5. The van der Waals surface area contributed by atoms with Crippen LogP contribution in [-0.4, -0.2) is 58.9 Å². The molecular formula is C66H78Cl6N6O8. The Bertz CT molecular complexity index is 3320. The first-order valence-electron chi connectivity index (χ1n) is 29.9. The number of esters is 2. The fourth-order valence-electron chi connectivity index (χ4n) is 10.6. The van der Waals surface area contributed by atoms with Gasteiger partial charge in [0.1, 0.15) is 34.5 Å². The highest BCUT2D eigenvalue weighted by atomic mass is 35.5. The van der Waals surface area contributed by atoms with Crippen LogP contribution in [0, 0.1) is 6.92 Å². The van der Waals surface area contributed by atoms with Gasteiger partial charge in [-0.3, -0.25) is 19.8 Å². The Morgan fingerprint density at radius 1 is 0.488 bits per heavy atom. The zero-order chi connectivity index (χ0) is 61.7. The molecule has 7 aromatic rings. The standard InChI is InChI=1S/C66H78Cl6N6O8/c1-6-8-10-12-14-16-18-20-22-26-34-85-65(81)43-30-32-48(69)52(36-43)73-61-57(63(79)77(75-61)59-50(71)38-45(67)40-54(59)83-4)56(47-29-25-24-28-42(47)3)58-62(76-78(64(58)80)60-51(72)39-46(68)41-55(60)84-5)74-53-37-44(31-33-49(53)70)66(82)86-35-27-23-21-19-17-15-13-11-9-7-2/h24-25,28-33,36-41,56,73-76H,6-23,26-27,34-35H2,1-5H3. The van der Waals surface area contributed by atoms with Crippen LogP contribution in [0.4, 0.5) is 23.0 Å². The lowest BCUT2D eigenvalue weighted by Crippen LogP contribution is -2.26. The Hall–Kier alpha value is -6.00. The topological polar surface area (TPSA) is 171 Å². The zero-order valence-electron chi connectivity index (χ0n) is 49.6. The van der Waals surface area contributed by atoms with Gasteiger partial charge in [-0.05, 0) is 79.4 Å². The summed E-state index contributed by atoms with van der Waals surface area (Å²) >= 11 is 40.9. The Morgan fingerprint density at radius 2 is 0.860 bits per heavy atom. The highest BCUT2D eigenvalue weighted by molar-refractivity contribution is 6.37. The highest BCUT2D eigenvalue weighted by Crippen LogP contribution is 2.43. The van der Waals surface area contributed by atoms with Crippen molar-refractivity contribution in [2.24, 2.45) is 0 Å². The minimum atomic E-state index is -1.31. The lowest BCUT2D eigenvalue weighted by molar-refractivity contribution is 0.0488. The van der Waals surface area contributed by atoms with Crippen molar-refractivity contribution in [3.63, 3.8) is 0 Å². The number of benzene rings is 5. The Labute approximate surface area is 534 Å². The van der Waals surface area contributed by atoms with Crippen LogP contribution in [0.2, 0.25) is 30.1 Å². The number of rotatable bonds is 35. The molecular weight excluding hydrogens is 1220 g/mol. The van der Waals surface area contributed by atoms with Gasteiger partial charge in [-0.15, -0.1) is 0 Å². The van der Waals surface area contributed by atoms with Gasteiger partial charge >= 0.3 is 11.9 Å². The molecule has 0 fully saturated rings. The van der Waals surface area contributed by atoms with E-state index in [2.05, 4.69) is 34.7 Å². The summed E-state index contributed by atoms with van der Waals surface area (Å²) < 4.78 is 25.5. The van der Waals surface area contributed by atoms with E-state index in [1.54, 1.807) is 36.4 Å². The van der Waals surface area contributed by atoms with Crippen molar-refractivity contribution in [2.75, 3.05) is 38.1 Å². The van der Waals surface area contributed by atoms with Crippen LogP contribution in [0.3, 0.4) is 0 Å². The van der Waals surface area contributed by atoms with Gasteiger partial charge in [-0.2, -0.15) is 0 Å². The molecule has 0 bridgehead atoms. The number of carbonyl (C=O) groups is 2. The molecule has 0 aliphatic rings. The number of nitrogens with zero attached hydrogens (tertiary/aromatic N) is 2. The number of carbonyl (C=O) groups excluding carboxylic acids is 2. The van der Waals surface area contributed by atoms with Crippen molar-refractivity contribution >= 4 is 105 Å². The highest BCUT2D eigenvalue weighted by Gasteiger charge is 2.36. The average Bonchev–Trinajstić information content (AvgIpc) is 1.76. The van der Waals surface area contributed by atoms with Gasteiger partial charge in [0.05, 0.1) is 87.1 Å².